The maximum absolute atomic E-state index is 14.1. The van der Waals surface area contributed by atoms with E-state index in [2.05, 4.69) is 5.32 Å². The van der Waals surface area contributed by atoms with Crippen molar-refractivity contribution >= 4 is 29.4 Å². The van der Waals surface area contributed by atoms with E-state index < -0.39 is 11.4 Å². The molecule has 0 aliphatic carbocycles. The molecule has 3 heterocycles. The standard InChI is InChI=1S/C24H31ClFN3O4/c1-2-10-24(22(31)29(23(32)27-24)15-17-5-4-13-33-17)16-8-11-28(12-9-16)21(30)14-18-19(25)6-3-7-20(18)26/h3,6-7,16-17H,2,4-5,8-15H2,1H3,(H,27,32)/t17-,24-/m0/s1. The summed E-state index contributed by atoms with van der Waals surface area (Å²) in [6.07, 6.45) is 4.10. The van der Waals surface area contributed by atoms with E-state index in [-0.39, 0.29) is 53.4 Å². The highest BCUT2D eigenvalue weighted by Gasteiger charge is 2.55. The van der Waals surface area contributed by atoms with E-state index in [1.54, 1.807) is 11.0 Å². The summed E-state index contributed by atoms with van der Waals surface area (Å²) in [7, 11) is 0. The van der Waals surface area contributed by atoms with Crippen LogP contribution in [0.4, 0.5) is 9.18 Å². The molecule has 3 saturated heterocycles. The number of amides is 4. The van der Waals surface area contributed by atoms with E-state index in [1.165, 1.54) is 17.0 Å². The smallest absolute Gasteiger partial charge is 0.325 e. The molecule has 0 unspecified atom stereocenters. The molecule has 4 amide bonds. The normalized spacial score (nSPS) is 26.2. The van der Waals surface area contributed by atoms with Crippen LogP contribution in [0.15, 0.2) is 18.2 Å². The molecule has 33 heavy (non-hydrogen) atoms. The molecule has 0 spiro atoms. The van der Waals surface area contributed by atoms with Crippen LogP contribution in [0.1, 0.15) is 51.0 Å². The van der Waals surface area contributed by atoms with Crippen LogP contribution in [0.5, 0.6) is 0 Å². The van der Waals surface area contributed by atoms with Crippen LogP contribution in [0.2, 0.25) is 5.02 Å². The van der Waals surface area contributed by atoms with Gasteiger partial charge in [0.1, 0.15) is 11.4 Å². The first-order chi connectivity index (χ1) is 15.9. The number of benzene rings is 1. The summed E-state index contributed by atoms with van der Waals surface area (Å²) in [5.41, 5.74) is -0.731. The number of urea groups is 1. The van der Waals surface area contributed by atoms with Gasteiger partial charge in [0.2, 0.25) is 5.91 Å². The van der Waals surface area contributed by atoms with E-state index in [9.17, 15) is 18.8 Å². The zero-order valence-electron chi connectivity index (χ0n) is 18.9. The average molecular weight is 480 g/mol. The number of nitrogens with zero attached hydrogens (tertiary/aromatic N) is 2. The fourth-order valence-electron chi connectivity index (χ4n) is 5.43. The number of ether oxygens (including phenoxy) is 1. The van der Waals surface area contributed by atoms with Gasteiger partial charge in [0.25, 0.3) is 5.91 Å². The minimum atomic E-state index is -0.936. The highest BCUT2D eigenvalue weighted by molar-refractivity contribution is 6.31. The van der Waals surface area contributed by atoms with Gasteiger partial charge in [-0.3, -0.25) is 14.5 Å². The Balaban J connectivity index is 1.42. The molecular formula is C24H31ClFN3O4. The summed E-state index contributed by atoms with van der Waals surface area (Å²) in [5, 5.41) is 3.26. The Morgan fingerprint density at radius 1 is 1.27 bits per heavy atom. The van der Waals surface area contributed by atoms with E-state index >= 15 is 0 Å². The number of likely N-dealkylation sites (tertiary alicyclic amines) is 1. The van der Waals surface area contributed by atoms with Gasteiger partial charge in [-0.2, -0.15) is 0 Å². The molecule has 3 aliphatic heterocycles. The molecule has 1 aromatic rings. The van der Waals surface area contributed by atoms with Crippen LogP contribution in [-0.4, -0.2) is 65.5 Å². The average Bonchev–Trinajstić information content (AvgIpc) is 3.40. The van der Waals surface area contributed by atoms with Crippen molar-refractivity contribution in [2.45, 2.75) is 63.5 Å². The molecule has 0 radical (unpaired) electrons. The Hall–Kier alpha value is -2.19. The van der Waals surface area contributed by atoms with Crippen molar-refractivity contribution in [3.05, 3.63) is 34.6 Å². The van der Waals surface area contributed by atoms with Crippen molar-refractivity contribution in [1.29, 1.82) is 0 Å². The number of nitrogens with one attached hydrogen (secondary N) is 1. The Morgan fingerprint density at radius 3 is 2.67 bits per heavy atom. The second kappa shape index (κ2) is 9.97. The third kappa shape index (κ3) is 4.73. The highest BCUT2D eigenvalue weighted by atomic mass is 35.5. The molecule has 0 bridgehead atoms. The fourth-order valence-corrected chi connectivity index (χ4v) is 5.66. The molecule has 2 atom stereocenters. The summed E-state index contributed by atoms with van der Waals surface area (Å²) in [5.74, 6) is -0.915. The van der Waals surface area contributed by atoms with Crippen molar-refractivity contribution in [2.24, 2.45) is 5.92 Å². The van der Waals surface area contributed by atoms with Gasteiger partial charge in [-0.05, 0) is 50.2 Å². The second-order valence-electron chi connectivity index (χ2n) is 9.23. The fraction of sp³-hybridized carbons (Fsp3) is 0.625. The third-order valence-electron chi connectivity index (χ3n) is 7.19. The van der Waals surface area contributed by atoms with E-state index in [4.69, 9.17) is 16.3 Å². The molecular weight excluding hydrogens is 449 g/mol. The first-order valence-electron chi connectivity index (χ1n) is 11.8. The van der Waals surface area contributed by atoms with E-state index in [1.807, 2.05) is 6.92 Å². The summed E-state index contributed by atoms with van der Waals surface area (Å²) >= 11 is 6.08. The summed E-state index contributed by atoms with van der Waals surface area (Å²) in [4.78, 5) is 42.1. The molecule has 0 aromatic heterocycles. The molecule has 3 aliphatic rings. The predicted octanol–water partition coefficient (Wildman–Crippen LogP) is 3.53. The van der Waals surface area contributed by atoms with Gasteiger partial charge in [0.15, 0.2) is 0 Å². The van der Waals surface area contributed by atoms with E-state index in [0.717, 1.165) is 19.3 Å². The minimum Gasteiger partial charge on any atom is -0.376 e. The summed E-state index contributed by atoms with van der Waals surface area (Å²) in [6.45, 7) is 3.86. The number of imide groups is 1. The number of hydrogen-bond donors (Lipinski definition) is 1. The maximum atomic E-state index is 14.1. The van der Waals surface area contributed by atoms with Gasteiger partial charge in [0, 0.05) is 30.3 Å². The predicted molar refractivity (Wildman–Crippen MR) is 121 cm³/mol. The quantitative estimate of drug-likeness (QED) is 0.607. The molecule has 1 aromatic carbocycles. The van der Waals surface area contributed by atoms with Gasteiger partial charge in [-0.25, -0.2) is 9.18 Å². The monoisotopic (exact) mass is 479 g/mol. The zero-order valence-corrected chi connectivity index (χ0v) is 19.7. The van der Waals surface area contributed by atoms with Gasteiger partial charge in [0.05, 0.1) is 19.1 Å². The number of rotatable bonds is 7. The molecule has 1 N–H and O–H groups in total. The molecule has 7 nitrogen and oxygen atoms in total. The van der Waals surface area contributed by atoms with Crippen molar-refractivity contribution < 1.29 is 23.5 Å². The van der Waals surface area contributed by atoms with Crippen molar-refractivity contribution in [1.82, 2.24) is 15.1 Å². The molecule has 4 rings (SSSR count). The Kier molecular flexibility index (Phi) is 7.24. The SMILES string of the molecule is CCC[C@@]1(C2CCN(C(=O)Cc3c(F)cccc3Cl)CC2)NC(=O)N(C[C@@H]2CCCO2)C1=O. The Labute approximate surface area is 198 Å². The lowest BCUT2D eigenvalue weighted by Crippen LogP contribution is -2.56. The largest absolute Gasteiger partial charge is 0.376 e. The lowest BCUT2D eigenvalue weighted by Gasteiger charge is -2.41. The minimum absolute atomic E-state index is 0.0653. The number of carbonyl (C=O) groups excluding carboxylic acids is 3. The van der Waals surface area contributed by atoms with E-state index in [0.29, 0.717) is 39.0 Å². The third-order valence-corrected chi connectivity index (χ3v) is 7.54. The van der Waals surface area contributed by atoms with Gasteiger partial charge in [-0.1, -0.05) is 31.0 Å². The van der Waals surface area contributed by atoms with Gasteiger partial charge in [-0.15, -0.1) is 0 Å². The Bertz CT molecular complexity index is 895. The highest BCUT2D eigenvalue weighted by Crippen LogP contribution is 2.37. The first-order valence-corrected chi connectivity index (χ1v) is 12.2. The zero-order chi connectivity index (χ0) is 23.6. The van der Waals surface area contributed by atoms with Crippen LogP contribution < -0.4 is 5.32 Å². The lowest BCUT2D eigenvalue weighted by molar-refractivity contribution is -0.136. The maximum Gasteiger partial charge on any atom is 0.325 e. The van der Waals surface area contributed by atoms with Crippen LogP contribution in [0, 0.1) is 11.7 Å². The van der Waals surface area contributed by atoms with Crippen LogP contribution in [0.3, 0.4) is 0 Å². The van der Waals surface area contributed by atoms with Gasteiger partial charge < -0.3 is 15.0 Å². The molecule has 180 valence electrons. The topological polar surface area (TPSA) is 79.0 Å². The van der Waals surface area contributed by atoms with Crippen molar-refractivity contribution in [2.75, 3.05) is 26.2 Å². The summed E-state index contributed by atoms with van der Waals surface area (Å²) < 4.78 is 19.7. The van der Waals surface area contributed by atoms with Crippen LogP contribution in [0.25, 0.3) is 0 Å². The van der Waals surface area contributed by atoms with Crippen LogP contribution >= 0.6 is 11.6 Å². The Morgan fingerprint density at radius 2 is 2.03 bits per heavy atom. The molecule has 0 saturated carbocycles. The van der Waals surface area contributed by atoms with Crippen molar-refractivity contribution in [3.63, 3.8) is 0 Å². The molecule has 3 fully saturated rings. The van der Waals surface area contributed by atoms with Crippen LogP contribution in [-0.2, 0) is 20.7 Å². The van der Waals surface area contributed by atoms with Gasteiger partial charge >= 0.3 is 6.03 Å². The lowest BCUT2D eigenvalue weighted by atomic mass is 9.74. The number of hydrogen-bond acceptors (Lipinski definition) is 4. The first kappa shape index (κ1) is 24.0. The van der Waals surface area contributed by atoms with Crippen molar-refractivity contribution in [3.8, 4) is 0 Å². The number of halogens is 2. The number of piperidine rings is 1. The summed E-state index contributed by atoms with van der Waals surface area (Å²) in [6, 6.07) is 4.03. The number of carbonyl (C=O) groups is 3. The second-order valence-corrected chi connectivity index (χ2v) is 9.64. The molecule has 9 heteroatoms.